The Morgan fingerprint density at radius 1 is 1.32 bits per heavy atom. The van der Waals surface area contributed by atoms with Crippen LogP contribution in [0.25, 0.3) is 0 Å². The zero-order chi connectivity index (χ0) is 13.8. The Kier molecular flexibility index (Phi) is 4.29. The molecule has 100 valence electrons. The molecule has 2 aromatic rings. The van der Waals surface area contributed by atoms with Crippen LogP contribution in [-0.2, 0) is 13.1 Å². The molecule has 0 atom stereocenters. The molecule has 19 heavy (non-hydrogen) atoms. The molecule has 0 amide bonds. The molecule has 0 aliphatic rings. The highest BCUT2D eigenvalue weighted by Crippen LogP contribution is 2.14. The molecule has 0 fully saturated rings. The number of thiophene rings is 1. The van der Waals surface area contributed by atoms with Gasteiger partial charge < -0.3 is 5.11 Å². The summed E-state index contributed by atoms with van der Waals surface area (Å²) in [7, 11) is 1.95. The van der Waals surface area contributed by atoms with Crippen LogP contribution in [0.5, 0.6) is 0 Å². The van der Waals surface area contributed by atoms with E-state index in [-0.39, 0.29) is 5.56 Å². The van der Waals surface area contributed by atoms with Crippen LogP contribution in [0.3, 0.4) is 0 Å². The van der Waals surface area contributed by atoms with Crippen molar-refractivity contribution in [2.45, 2.75) is 13.1 Å². The second kappa shape index (κ2) is 5.95. The van der Waals surface area contributed by atoms with Crippen molar-refractivity contribution >= 4 is 17.3 Å². The van der Waals surface area contributed by atoms with Crippen molar-refractivity contribution in [2.75, 3.05) is 7.05 Å². The van der Waals surface area contributed by atoms with Gasteiger partial charge in [0.15, 0.2) is 0 Å². The highest BCUT2D eigenvalue weighted by molar-refractivity contribution is 7.07. The first-order chi connectivity index (χ1) is 9.06. The summed E-state index contributed by atoms with van der Waals surface area (Å²) in [6, 6.07) is 6.26. The largest absolute Gasteiger partial charge is 0.478 e. The lowest BCUT2D eigenvalue weighted by Gasteiger charge is -2.16. The maximum atomic E-state index is 13.3. The number of benzene rings is 1. The Hall–Kier alpha value is -1.72. The molecule has 1 aromatic heterocycles. The smallest absolute Gasteiger partial charge is 0.338 e. The minimum atomic E-state index is -1.24. The van der Waals surface area contributed by atoms with Crippen LogP contribution in [0.15, 0.2) is 35.0 Å². The minimum absolute atomic E-state index is 0.276. The van der Waals surface area contributed by atoms with Gasteiger partial charge in [-0.15, -0.1) is 0 Å². The second-order valence-electron chi connectivity index (χ2n) is 4.42. The summed E-state index contributed by atoms with van der Waals surface area (Å²) in [4.78, 5) is 12.9. The van der Waals surface area contributed by atoms with E-state index >= 15 is 0 Å². The summed E-state index contributed by atoms with van der Waals surface area (Å²) in [5.74, 6) is -1.93. The number of hydrogen-bond acceptors (Lipinski definition) is 3. The zero-order valence-electron chi connectivity index (χ0n) is 10.5. The average Bonchev–Trinajstić information content (AvgIpc) is 2.84. The van der Waals surface area contributed by atoms with E-state index in [1.807, 2.05) is 12.4 Å². The molecule has 2 rings (SSSR count). The van der Waals surface area contributed by atoms with Gasteiger partial charge in [0.2, 0.25) is 0 Å². The van der Waals surface area contributed by atoms with E-state index < -0.39 is 11.8 Å². The van der Waals surface area contributed by atoms with Gasteiger partial charge in [0.25, 0.3) is 0 Å². The molecule has 0 saturated heterocycles. The molecule has 0 aliphatic heterocycles. The number of aromatic carboxylic acids is 1. The van der Waals surface area contributed by atoms with Gasteiger partial charge in [-0.1, -0.05) is 6.07 Å². The van der Waals surface area contributed by atoms with Gasteiger partial charge in [-0.25, -0.2) is 9.18 Å². The van der Waals surface area contributed by atoms with Crippen molar-refractivity contribution in [3.05, 3.63) is 57.5 Å². The third-order valence-electron chi connectivity index (χ3n) is 2.75. The molecule has 5 heteroatoms. The normalized spacial score (nSPS) is 10.9. The van der Waals surface area contributed by atoms with Crippen LogP contribution < -0.4 is 0 Å². The number of hydrogen-bond donors (Lipinski definition) is 1. The van der Waals surface area contributed by atoms with Crippen LogP contribution in [0, 0.1) is 5.82 Å². The average molecular weight is 279 g/mol. The molecule has 0 aliphatic carbocycles. The van der Waals surface area contributed by atoms with Gasteiger partial charge in [0, 0.05) is 13.1 Å². The van der Waals surface area contributed by atoms with Crippen LogP contribution in [-0.4, -0.2) is 23.0 Å². The first-order valence-corrected chi connectivity index (χ1v) is 6.72. The van der Waals surface area contributed by atoms with E-state index in [4.69, 9.17) is 5.11 Å². The summed E-state index contributed by atoms with van der Waals surface area (Å²) in [6.07, 6.45) is 0. The molecule has 0 radical (unpaired) electrons. The number of nitrogens with zero attached hydrogens (tertiary/aromatic N) is 1. The molecule has 0 unspecified atom stereocenters. The maximum Gasteiger partial charge on any atom is 0.338 e. The van der Waals surface area contributed by atoms with E-state index in [0.717, 1.165) is 12.1 Å². The first-order valence-electron chi connectivity index (χ1n) is 5.77. The fraction of sp³-hybridized carbons (Fsp3) is 0.214. The van der Waals surface area contributed by atoms with Crippen molar-refractivity contribution < 1.29 is 14.3 Å². The van der Waals surface area contributed by atoms with Gasteiger partial charge in [-0.2, -0.15) is 11.3 Å². The summed E-state index contributed by atoms with van der Waals surface area (Å²) in [5.41, 5.74) is 1.73. The van der Waals surface area contributed by atoms with Gasteiger partial charge in [-0.3, -0.25) is 4.90 Å². The summed E-state index contributed by atoms with van der Waals surface area (Å²) in [5, 5.41) is 13.0. The Morgan fingerprint density at radius 2 is 2.05 bits per heavy atom. The standard InChI is InChI=1S/C14H14FNO2S/c1-16(8-11-4-5-19-9-11)7-10-2-3-13(15)12(6-10)14(17)18/h2-6,9H,7-8H2,1H3,(H,17,18). The molecular weight excluding hydrogens is 265 g/mol. The van der Waals surface area contributed by atoms with Crippen LogP contribution in [0.2, 0.25) is 0 Å². The van der Waals surface area contributed by atoms with Crippen molar-refractivity contribution in [3.8, 4) is 0 Å². The molecule has 3 nitrogen and oxygen atoms in total. The van der Waals surface area contributed by atoms with Crippen LogP contribution in [0.1, 0.15) is 21.5 Å². The number of halogens is 1. The Balaban J connectivity index is 2.06. The maximum absolute atomic E-state index is 13.3. The van der Waals surface area contributed by atoms with Gasteiger partial charge in [-0.05, 0) is 47.1 Å². The fourth-order valence-corrected chi connectivity index (χ4v) is 2.56. The lowest BCUT2D eigenvalue weighted by molar-refractivity contribution is 0.0691. The minimum Gasteiger partial charge on any atom is -0.478 e. The number of carbonyl (C=O) groups is 1. The molecular formula is C14H14FNO2S. The summed E-state index contributed by atoms with van der Waals surface area (Å²) < 4.78 is 13.3. The predicted molar refractivity (Wildman–Crippen MR) is 72.8 cm³/mol. The van der Waals surface area contributed by atoms with E-state index in [9.17, 15) is 9.18 Å². The van der Waals surface area contributed by atoms with Gasteiger partial charge in [0.1, 0.15) is 5.82 Å². The van der Waals surface area contributed by atoms with E-state index in [0.29, 0.717) is 6.54 Å². The van der Waals surface area contributed by atoms with E-state index in [1.165, 1.54) is 17.7 Å². The third-order valence-corrected chi connectivity index (χ3v) is 3.48. The molecule has 0 spiro atoms. The monoisotopic (exact) mass is 279 g/mol. The topological polar surface area (TPSA) is 40.5 Å². The van der Waals surface area contributed by atoms with Gasteiger partial charge in [0.05, 0.1) is 5.56 Å². The molecule has 0 bridgehead atoms. The molecule has 1 aromatic carbocycles. The Bertz CT molecular complexity index is 569. The van der Waals surface area contributed by atoms with Crippen LogP contribution >= 0.6 is 11.3 Å². The third kappa shape index (κ3) is 3.62. The Morgan fingerprint density at radius 3 is 2.68 bits per heavy atom. The summed E-state index contributed by atoms with van der Waals surface area (Å²) in [6.45, 7) is 1.36. The van der Waals surface area contributed by atoms with Crippen molar-refractivity contribution in [2.24, 2.45) is 0 Å². The van der Waals surface area contributed by atoms with Gasteiger partial charge >= 0.3 is 5.97 Å². The van der Waals surface area contributed by atoms with E-state index in [2.05, 4.69) is 16.3 Å². The quantitative estimate of drug-likeness (QED) is 0.913. The Labute approximate surface area is 114 Å². The summed E-state index contributed by atoms with van der Waals surface area (Å²) >= 11 is 1.64. The SMILES string of the molecule is CN(Cc1ccsc1)Cc1ccc(F)c(C(=O)O)c1. The molecule has 1 heterocycles. The highest BCUT2D eigenvalue weighted by atomic mass is 32.1. The number of rotatable bonds is 5. The predicted octanol–water partition coefficient (Wildman–Crippen LogP) is 3.22. The van der Waals surface area contributed by atoms with E-state index in [1.54, 1.807) is 17.4 Å². The van der Waals surface area contributed by atoms with Crippen LogP contribution in [0.4, 0.5) is 4.39 Å². The molecule has 1 N–H and O–H groups in total. The second-order valence-corrected chi connectivity index (χ2v) is 5.20. The van der Waals surface area contributed by atoms with Crippen molar-refractivity contribution in [1.29, 1.82) is 0 Å². The number of carboxylic acid groups (broad SMARTS) is 1. The van der Waals surface area contributed by atoms with Crippen molar-refractivity contribution in [1.82, 2.24) is 4.90 Å². The fourth-order valence-electron chi connectivity index (χ4n) is 1.90. The highest BCUT2D eigenvalue weighted by Gasteiger charge is 2.11. The lowest BCUT2D eigenvalue weighted by Crippen LogP contribution is -2.17. The first kappa shape index (κ1) is 13.7. The zero-order valence-corrected chi connectivity index (χ0v) is 11.3. The number of carboxylic acids is 1. The van der Waals surface area contributed by atoms with Crippen molar-refractivity contribution in [3.63, 3.8) is 0 Å². The molecule has 0 saturated carbocycles. The lowest BCUT2D eigenvalue weighted by atomic mass is 10.1.